The topological polar surface area (TPSA) is 87.9 Å². The molecule has 0 radical (unpaired) electrons. The highest BCUT2D eigenvalue weighted by Crippen LogP contribution is 2.47. The lowest BCUT2D eigenvalue weighted by Crippen LogP contribution is -2.60. The van der Waals surface area contributed by atoms with Crippen molar-refractivity contribution >= 4 is 11.9 Å². The van der Waals surface area contributed by atoms with E-state index in [1.165, 1.54) is 43.3 Å². The first-order valence-electron chi connectivity index (χ1n) is 13.2. The highest BCUT2D eigenvalue weighted by atomic mass is 16.7. The van der Waals surface area contributed by atoms with Gasteiger partial charge in [-0.25, -0.2) is 4.79 Å². The van der Waals surface area contributed by atoms with Gasteiger partial charge in [0.15, 0.2) is 6.79 Å². The van der Waals surface area contributed by atoms with Gasteiger partial charge in [-0.05, 0) is 18.1 Å². The largest absolute Gasteiger partial charge is 0.459 e. The molecule has 2 aromatic rings. The SMILES string of the molecule is C[C@H](N)C(=O)OCOC(C(=O)OC1CC2CCC(C1)[N+]21CCCC1)(c1ccccc1)c1ccccc1. The standard InChI is InChI=1S/C29H37N2O5/c1-21(30)27(32)34-20-35-29(22-10-4-2-5-11-22,23-12-6-3-7-13-23)28(33)36-26-18-24-14-15-25(19-26)31(24)16-8-9-17-31/h2-7,10-13,21,24-26H,8-9,14-20,30H2,1H3/q+1/t21-,24?,25?,26?/m0/s1. The van der Waals surface area contributed by atoms with Crippen molar-refractivity contribution in [2.75, 3.05) is 19.9 Å². The Kier molecular flexibility index (Phi) is 7.15. The van der Waals surface area contributed by atoms with Crippen LogP contribution < -0.4 is 5.73 Å². The van der Waals surface area contributed by atoms with E-state index in [-0.39, 0.29) is 6.10 Å². The van der Waals surface area contributed by atoms with Crippen LogP contribution in [0, 0.1) is 0 Å². The summed E-state index contributed by atoms with van der Waals surface area (Å²) in [6, 6.07) is 18.9. The van der Waals surface area contributed by atoms with Crippen LogP contribution >= 0.6 is 0 Å². The Morgan fingerprint density at radius 1 is 0.944 bits per heavy atom. The fraction of sp³-hybridized carbons (Fsp3) is 0.517. The molecule has 3 aliphatic heterocycles. The first kappa shape index (κ1) is 24.9. The van der Waals surface area contributed by atoms with Gasteiger partial charge in [0.25, 0.3) is 0 Å². The molecule has 192 valence electrons. The van der Waals surface area contributed by atoms with E-state index >= 15 is 0 Å². The van der Waals surface area contributed by atoms with Crippen LogP contribution in [0.2, 0.25) is 0 Å². The van der Waals surface area contributed by atoms with Gasteiger partial charge in [0, 0.05) is 38.5 Å². The summed E-state index contributed by atoms with van der Waals surface area (Å²) in [6.45, 7) is 3.66. The van der Waals surface area contributed by atoms with E-state index < -0.39 is 30.4 Å². The van der Waals surface area contributed by atoms with Crippen molar-refractivity contribution in [3.8, 4) is 0 Å². The number of hydrogen-bond donors (Lipinski definition) is 1. The average Bonchev–Trinajstić information content (AvgIpc) is 3.44. The van der Waals surface area contributed by atoms with Gasteiger partial charge >= 0.3 is 11.9 Å². The Hall–Kier alpha value is -2.74. The normalized spacial score (nSPS) is 25.4. The summed E-state index contributed by atoms with van der Waals surface area (Å²) in [7, 11) is 0. The van der Waals surface area contributed by atoms with Gasteiger partial charge in [0.2, 0.25) is 5.60 Å². The fourth-order valence-corrected chi connectivity index (χ4v) is 6.82. The molecule has 2 N–H and O–H groups in total. The second-order valence-electron chi connectivity index (χ2n) is 10.6. The summed E-state index contributed by atoms with van der Waals surface area (Å²) in [5, 5.41) is 0. The number of piperidine rings is 1. The first-order chi connectivity index (χ1) is 17.5. The van der Waals surface area contributed by atoms with Crippen molar-refractivity contribution in [3.05, 3.63) is 71.8 Å². The van der Waals surface area contributed by atoms with Crippen molar-refractivity contribution in [3.63, 3.8) is 0 Å². The molecule has 2 aromatic carbocycles. The van der Waals surface area contributed by atoms with Gasteiger partial charge in [0.1, 0.15) is 12.1 Å². The number of nitrogens with zero attached hydrogens (tertiary/aromatic N) is 1. The minimum Gasteiger partial charge on any atom is -0.459 e. The number of esters is 2. The molecule has 3 heterocycles. The number of benzene rings is 2. The lowest BCUT2D eigenvalue weighted by molar-refractivity contribution is -0.956. The van der Waals surface area contributed by atoms with Crippen molar-refractivity contribution in [2.24, 2.45) is 5.73 Å². The predicted molar refractivity (Wildman–Crippen MR) is 135 cm³/mol. The molecule has 2 bridgehead atoms. The smallest absolute Gasteiger partial charge is 0.348 e. The van der Waals surface area contributed by atoms with Crippen molar-refractivity contribution in [1.29, 1.82) is 0 Å². The Labute approximate surface area is 213 Å². The first-order valence-corrected chi connectivity index (χ1v) is 13.2. The van der Waals surface area contributed by atoms with Crippen LogP contribution in [0.4, 0.5) is 0 Å². The monoisotopic (exact) mass is 493 g/mol. The maximum atomic E-state index is 14.2. The van der Waals surface area contributed by atoms with Crippen molar-refractivity contribution in [2.45, 2.75) is 75.3 Å². The summed E-state index contributed by atoms with van der Waals surface area (Å²) in [6.07, 6.45) is 6.66. The van der Waals surface area contributed by atoms with Crippen LogP contribution in [-0.4, -0.2) is 60.5 Å². The van der Waals surface area contributed by atoms with E-state index in [4.69, 9.17) is 19.9 Å². The molecule has 3 atom stereocenters. The van der Waals surface area contributed by atoms with Gasteiger partial charge < -0.3 is 24.4 Å². The van der Waals surface area contributed by atoms with Gasteiger partial charge in [-0.2, -0.15) is 0 Å². The summed E-state index contributed by atoms with van der Waals surface area (Å²) in [5.41, 5.74) is 5.33. The number of rotatable bonds is 8. The second kappa shape index (κ2) is 10.3. The zero-order chi connectivity index (χ0) is 25.2. The highest BCUT2D eigenvalue weighted by molar-refractivity contribution is 5.86. The van der Waals surface area contributed by atoms with E-state index in [0.717, 1.165) is 12.8 Å². The Bertz CT molecular complexity index is 996. The molecule has 0 amide bonds. The van der Waals surface area contributed by atoms with Crippen LogP contribution in [0.3, 0.4) is 0 Å². The summed E-state index contributed by atoms with van der Waals surface area (Å²) < 4.78 is 19.0. The third-order valence-electron chi connectivity index (χ3n) is 8.53. The molecule has 0 saturated carbocycles. The second-order valence-corrected chi connectivity index (χ2v) is 10.6. The molecule has 0 aliphatic carbocycles. The fourth-order valence-electron chi connectivity index (χ4n) is 6.82. The molecule has 1 spiro atoms. The number of ether oxygens (including phenoxy) is 3. The predicted octanol–water partition coefficient (Wildman–Crippen LogP) is 3.64. The number of nitrogens with two attached hydrogens (primary N) is 1. The average molecular weight is 494 g/mol. The zero-order valence-corrected chi connectivity index (χ0v) is 21.0. The molecule has 3 fully saturated rings. The van der Waals surface area contributed by atoms with Crippen molar-refractivity contribution in [1.82, 2.24) is 0 Å². The summed E-state index contributed by atoms with van der Waals surface area (Å²) in [4.78, 5) is 26.2. The van der Waals surface area contributed by atoms with Crippen LogP contribution in [0.15, 0.2) is 60.7 Å². The highest BCUT2D eigenvalue weighted by Gasteiger charge is 2.57. The maximum absolute atomic E-state index is 14.2. The molecule has 3 aliphatic rings. The quantitative estimate of drug-likeness (QED) is 0.343. The van der Waals surface area contributed by atoms with Crippen LogP contribution in [-0.2, 0) is 29.4 Å². The van der Waals surface area contributed by atoms with E-state index in [9.17, 15) is 9.59 Å². The zero-order valence-electron chi connectivity index (χ0n) is 21.0. The van der Waals surface area contributed by atoms with Gasteiger partial charge in [-0.15, -0.1) is 0 Å². The Balaban J connectivity index is 1.44. The maximum Gasteiger partial charge on any atom is 0.348 e. The third-order valence-corrected chi connectivity index (χ3v) is 8.53. The van der Waals surface area contributed by atoms with Gasteiger partial charge in [0.05, 0.1) is 25.2 Å². The minimum absolute atomic E-state index is 0.152. The van der Waals surface area contributed by atoms with Gasteiger partial charge in [-0.1, -0.05) is 60.7 Å². The molecular weight excluding hydrogens is 456 g/mol. The summed E-state index contributed by atoms with van der Waals surface area (Å²) in [5.74, 6) is -1.07. The van der Waals surface area contributed by atoms with E-state index in [1.807, 2.05) is 60.7 Å². The van der Waals surface area contributed by atoms with Crippen molar-refractivity contribution < 1.29 is 28.3 Å². The van der Waals surface area contributed by atoms with Crippen LogP contribution in [0.5, 0.6) is 0 Å². The number of carbonyl (C=O) groups is 2. The minimum atomic E-state index is -1.57. The summed E-state index contributed by atoms with van der Waals surface area (Å²) >= 11 is 0. The molecule has 3 saturated heterocycles. The molecule has 7 nitrogen and oxygen atoms in total. The van der Waals surface area contributed by atoms with E-state index in [1.54, 1.807) is 6.92 Å². The molecule has 0 aromatic heterocycles. The molecule has 36 heavy (non-hydrogen) atoms. The Morgan fingerprint density at radius 2 is 1.47 bits per heavy atom. The molecule has 5 rings (SSSR count). The lowest BCUT2D eigenvalue weighted by Gasteiger charge is -2.47. The van der Waals surface area contributed by atoms with E-state index in [2.05, 4.69) is 0 Å². The molecule has 2 unspecified atom stereocenters. The Morgan fingerprint density at radius 3 is 1.97 bits per heavy atom. The molecular formula is C29H37N2O5+. The number of hydrogen-bond acceptors (Lipinski definition) is 6. The van der Waals surface area contributed by atoms with Gasteiger partial charge in [-0.3, -0.25) is 4.79 Å². The number of carbonyl (C=O) groups excluding carboxylic acids is 2. The third kappa shape index (κ3) is 4.44. The lowest BCUT2D eigenvalue weighted by atomic mass is 9.85. The number of quaternary nitrogens is 1. The van der Waals surface area contributed by atoms with E-state index in [0.29, 0.717) is 23.2 Å². The molecule has 7 heteroatoms. The van der Waals surface area contributed by atoms with Crippen LogP contribution in [0.25, 0.3) is 0 Å². The van der Waals surface area contributed by atoms with Crippen LogP contribution in [0.1, 0.15) is 56.6 Å².